The Labute approximate surface area is 124 Å². The van der Waals surface area contributed by atoms with Crippen LogP contribution in [0.1, 0.15) is 18.3 Å². The van der Waals surface area contributed by atoms with E-state index in [1.54, 1.807) is 49.7 Å². The molecule has 0 saturated heterocycles. The summed E-state index contributed by atoms with van der Waals surface area (Å²) in [4.78, 5) is 3.99. The van der Waals surface area contributed by atoms with E-state index in [9.17, 15) is 13.5 Å². The summed E-state index contributed by atoms with van der Waals surface area (Å²) in [6, 6.07) is 8.92. The van der Waals surface area contributed by atoms with Crippen LogP contribution in [-0.4, -0.2) is 29.6 Å². The molecule has 1 aromatic heterocycles. The van der Waals surface area contributed by atoms with Crippen LogP contribution in [0.2, 0.25) is 0 Å². The number of nitrogens with one attached hydrogen (secondary N) is 1. The quantitative estimate of drug-likeness (QED) is 0.860. The first-order chi connectivity index (χ1) is 9.72. The summed E-state index contributed by atoms with van der Waals surface area (Å²) in [5.74, 6) is 0.602. The summed E-state index contributed by atoms with van der Waals surface area (Å²) in [7, 11) is -2.02. The second kappa shape index (κ2) is 5.59. The molecule has 0 spiro atoms. The molecule has 21 heavy (non-hydrogen) atoms. The van der Waals surface area contributed by atoms with Gasteiger partial charge in [0.2, 0.25) is 0 Å². The lowest BCUT2D eigenvalue weighted by atomic mass is 9.97. The van der Waals surface area contributed by atoms with Crippen molar-refractivity contribution in [2.75, 3.05) is 6.54 Å². The predicted octanol–water partition coefficient (Wildman–Crippen LogP) is 0.915. The van der Waals surface area contributed by atoms with E-state index in [0.717, 1.165) is 0 Å². The average Bonchev–Trinajstić information content (AvgIpc) is 2.79. The van der Waals surface area contributed by atoms with Crippen molar-refractivity contribution < 1.29 is 13.5 Å². The van der Waals surface area contributed by atoms with Crippen LogP contribution in [-0.2, 0) is 22.7 Å². The first-order valence-electron chi connectivity index (χ1n) is 6.50. The first-order valence-corrected chi connectivity index (χ1v) is 7.98. The number of sulfonamides is 1. The van der Waals surface area contributed by atoms with Crippen LogP contribution in [0.4, 0.5) is 0 Å². The van der Waals surface area contributed by atoms with Gasteiger partial charge in [0.15, 0.2) is 5.03 Å². The zero-order valence-electron chi connectivity index (χ0n) is 12.2. The van der Waals surface area contributed by atoms with Crippen LogP contribution in [0.3, 0.4) is 0 Å². The molecule has 1 aromatic carbocycles. The molecule has 0 aliphatic heterocycles. The van der Waals surface area contributed by atoms with Gasteiger partial charge in [0.05, 0.1) is 0 Å². The number of aryl methyl sites for hydroxylation is 2. The van der Waals surface area contributed by atoms with E-state index in [1.807, 2.05) is 6.07 Å². The Bertz CT molecular complexity index is 702. The second-order valence-corrected chi connectivity index (χ2v) is 6.92. The van der Waals surface area contributed by atoms with E-state index in [4.69, 9.17) is 0 Å². The van der Waals surface area contributed by atoms with Gasteiger partial charge in [-0.15, -0.1) is 0 Å². The van der Waals surface area contributed by atoms with E-state index >= 15 is 0 Å². The summed E-state index contributed by atoms with van der Waals surface area (Å²) in [6.45, 7) is 3.16. The Morgan fingerprint density at radius 2 is 1.95 bits per heavy atom. The molecule has 0 bridgehead atoms. The van der Waals surface area contributed by atoms with Gasteiger partial charge < -0.3 is 9.67 Å². The van der Waals surface area contributed by atoms with E-state index in [-0.39, 0.29) is 11.6 Å². The molecular formula is C14H19N3O3S. The topological polar surface area (TPSA) is 84.2 Å². The minimum absolute atomic E-state index is 0.0497. The molecule has 1 heterocycles. The molecule has 0 fully saturated rings. The van der Waals surface area contributed by atoms with Crippen LogP contribution in [0.25, 0.3) is 0 Å². The molecule has 0 amide bonds. The molecule has 7 heteroatoms. The number of aromatic nitrogens is 2. The van der Waals surface area contributed by atoms with Crippen LogP contribution in [0.15, 0.2) is 41.6 Å². The summed E-state index contributed by atoms with van der Waals surface area (Å²) >= 11 is 0. The third kappa shape index (κ3) is 3.49. The molecular weight excluding hydrogens is 290 g/mol. The van der Waals surface area contributed by atoms with Crippen molar-refractivity contribution in [1.29, 1.82) is 0 Å². The fraction of sp³-hybridized carbons (Fsp3) is 0.357. The number of rotatable bonds is 5. The van der Waals surface area contributed by atoms with Gasteiger partial charge in [-0.25, -0.2) is 18.1 Å². The summed E-state index contributed by atoms with van der Waals surface area (Å²) in [5, 5.41) is 10.4. The fourth-order valence-corrected chi connectivity index (χ4v) is 3.03. The van der Waals surface area contributed by atoms with Crippen LogP contribution >= 0.6 is 0 Å². The Kier molecular flexibility index (Phi) is 4.18. The van der Waals surface area contributed by atoms with Crippen LogP contribution < -0.4 is 4.72 Å². The van der Waals surface area contributed by atoms with Crippen molar-refractivity contribution in [2.45, 2.75) is 24.5 Å². The molecule has 1 unspecified atom stereocenters. The molecule has 2 N–H and O–H groups in total. The lowest BCUT2D eigenvalue weighted by Crippen LogP contribution is -2.38. The summed E-state index contributed by atoms with van der Waals surface area (Å²) in [6.07, 6.45) is 1.44. The highest BCUT2D eigenvalue weighted by atomic mass is 32.2. The van der Waals surface area contributed by atoms with Crippen molar-refractivity contribution in [1.82, 2.24) is 14.3 Å². The van der Waals surface area contributed by atoms with Gasteiger partial charge in [-0.1, -0.05) is 30.3 Å². The predicted molar refractivity (Wildman–Crippen MR) is 79.1 cm³/mol. The highest BCUT2D eigenvalue weighted by Gasteiger charge is 2.27. The number of hydrogen-bond donors (Lipinski definition) is 2. The van der Waals surface area contributed by atoms with Crippen LogP contribution in [0.5, 0.6) is 0 Å². The second-order valence-electron chi connectivity index (χ2n) is 5.20. The number of nitrogens with zero attached hydrogens (tertiary/aromatic N) is 2. The third-order valence-corrected chi connectivity index (χ3v) is 4.64. The number of hydrogen-bond acceptors (Lipinski definition) is 4. The monoisotopic (exact) mass is 309 g/mol. The Morgan fingerprint density at radius 1 is 1.33 bits per heavy atom. The highest BCUT2D eigenvalue weighted by molar-refractivity contribution is 7.89. The fourth-order valence-electron chi connectivity index (χ4n) is 1.86. The smallest absolute Gasteiger partial charge is 0.259 e. The summed E-state index contributed by atoms with van der Waals surface area (Å²) in [5.41, 5.74) is -0.650. The largest absolute Gasteiger partial charge is 0.384 e. The van der Waals surface area contributed by atoms with Crippen LogP contribution in [0, 0.1) is 6.92 Å². The van der Waals surface area contributed by atoms with Gasteiger partial charge in [-0.2, -0.15) is 0 Å². The van der Waals surface area contributed by atoms with E-state index in [1.165, 1.54) is 6.20 Å². The minimum Gasteiger partial charge on any atom is -0.384 e. The third-order valence-electron chi connectivity index (χ3n) is 3.36. The van der Waals surface area contributed by atoms with E-state index < -0.39 is 15.6 Å². The molecule has 1 atom stereocenters. The molecule has 6 nitrogen and oxygen atoms in total. The number of aliphatic hydroxyl groups is 1. The first kappa shape index (κ1) is 15.7. The molecule has 0 saturated carbocycles. The van der Waals surface area contributed by atoms with E-state index in [2.05, 4.69) is 9.71 Å². The Hall–Kier alpha value is -1.70. The number of imidazole rings is 1. The molecule has 114 valence electrons. The van der Waals surface area contributed by atoms with Gasteiger partial charge in [0, 0.05) is 19.8 Å². The maximum absolute atomic E-state index is 12.2. The maximum Gasteiger partial charge on any atom is 0.259 e. The maximum atomic E-state index is 12.2. The summed E-state index contributed by atoms with van der Waals surface area (Å²) < 4.78 is 28.4. The van der Waals surface area contributed by atoms with Crippen molar-refractivity contribution in [3.63, 3.8) is 0 Å². The van der Waals surface area contributed by atoms with Crippen molar-refractivity contribution in [2.24, 2.45) is 7.05 Å². The standard InChI is InChI=1S/C14H19N3O3S/c1-11-16-13(9-17(11)3)21(19,20)15-10-14(2,18)12-7-5-4-6-8-12/h4-9,15,18H,10H2,1-3H3. The average molecular weight is 309 g/mol. The van der Waals surface area contributed by atoms with Gasteiger partial charge in [-0.3, -0.25) is 0 Å². The zero-order valence-corrected chi connectivity index (χ0v) is 13.1. The van der Waals surface area contributed by atoms with Crippen molar-refractivity contribution in [3.8, 4) is 0 Å². The Balaban J connectivity index is 2.15. The normalized spacial score (nSPS) is 14.9. The van der Waals surface area contributed by atoms with Crippen molar-refractivity contribution >= 4 is 10.0 Å². The molecule has 0 aliphatic rings. The van der Waals surface area contributed by atoms with Gasteiger partial charge in [0.25, 0.3) is 10.0 Å². The minimum atomic E-state index is -3.75. The lowest BCUT2D eigenvalue weighted by Gasteiger charge is -2.23. The highest BCUT2D eigenvalue weighted by Crippen LogP contribution is 2.20. The van der Waals surface area contributed by atoms with Gasteiger partial charge >= 0.3 is 0 Å². The van der Waals surface area contributed by atoms with Crippen molar-refractivity contribution in [3.05, 3.63) is 47.9 Å². The van der Waals surface area contributed by atoms with Gasteiger partial charge in [-0.05, 0) is 19.4 Å². The zero-order chi connectivity index (χ0) is 15.7. The Morgan fingerprint density at radius 3 is 2.48 bits per heavy atom. The molecule has 2 aromatic rings. The van der Waals surface area contributed by atoms with Gasteiger partial charge in [0.1, 0.15) is 11.4 Å². The SMILES string of the molecule is Cc1nc(S(=O)(=O)NCC(C)(O)c2ccccc2)cn1C. The molecule has 0 radical (unpaired) electrons. The molecule has 2 rings (SSSR count). The lowest BCUT2D eigenvalue weighted by molar-refractivity contribution is 0.0627. The van der Waals surface area contributed by atoms with E-state index in [0.29, 0.717) is 11.4 Å². The molecule has 0 aliphatic carbocycles. The number of benzene rings is 1.